The number of piperidine rings is 1. The number of likely N-dealkylation sites (N-methyl/N-ethyl adjacent to an activating group) is 1. The van der Waals surface area contributed by atoms with Gasteiger partial charge in [-0.1, -0.05) is 0 Å². The Morgan fingerprint density at radius 1 is 1.26 bits per heavy atom. The van der Waals surface area contributed by atoms with Crippen molar-refractivity contribution >= 4 is 18.0 Å². The first-order valence-electron chi connectivity index (χ1n) is 7.81. The van der Waals surface area contributed by atoms with Crippen LogP contribution in [0.1, 0.15) is 33.6 Å². The van der Waals surface area contributed by atoms with E-state index in [0.717, 1.165) is 4.90 Å². The number of nitrogens with zero attached hydrogens (tertiary/aromatic N) is 3. The number of aliphatic hydroxyl groups is 1. The zero-order valence-electron chi connectivity index (χ0n) is 14.2. The third-order valence-electron chi connectivity index (χ3n) is 4.30. The van der Waals surface area contributed by atoms with Gasteiger partial charge in [0.25, 0.3) is 5.91 Å². The van der Waals surface area contributed by atoms with Crippen molar-refractivity contribution < 1.29 is 24.2 Å². The van der Waals surface area contributed by atoms with E-state index >= 15 is 0 Å². The molecule has 0 radical (unpaired) electrons. The largest absolute Gasteiger partial charge is 0.444 e. The van der Waals surface area contributed by atoms with E-state index in [0.29, 0.717) is 25.9 Å². The number of hydrogen-bond acceptors (Lipinski definition) is 5. The van der Waals surface area contributed by atoms with Gasteiger partial charge in [0, 0.05) is 26.7 Å². The van der Waals surface area contributed by atoms with Crippen molar-refractivity contribution in [2.45, 2.75) is 44.8 Å². The molecule has 0 aliphatic carbocycles. The summed E-state index contributed by atoms with van der Waals surface area (Å²) in [5.41, 5.74) is -1.53. The number of imide groups is 1. The Balaban J connectivity index is 2.10. The van der Waals surface area contributed by atoms with Crippen LogP contribution in [-0.2, 0) is 9.53 Å². The Hall–Kier alpha value is -1.83. The van der Waals surface area contributed by atoms with E-state index < -0.39 is 23.3 Å². The summed E-state index contributed by atoms with van der Waals surface area (Å²) >= 11 is 0. The molecule has 2 rings (SSSR count). The van der Waals surface area contributed by atoms with Gasteiger partial charge in [-0.3, -0.25) is 9.69 Å². The van der Waals surface area contributed by atoms with Gasteiger partial charge in [0.2, 0.25) is 0 Å². The van der Waals surface area contributed by atoms with Crippen molar-refractivity contribution in [1.29, 1.82) is 0 Å². The first-order valence-corrected chi connectivity index (χ1v) is 7.81. The second kappa shape index (κ2) is 5.99. The summed E-state index contributed by atoms with van der Waals surface area (Å²) in [6, 6.07) is -0.394. The molecular formula is C15H25N3O5. The highest BCUT2D eigenvalue weighted by Crippen LogP contribution is 2.36. The third kappa shape index (κ3) is 3.12. The monoisotopic (exact) mass is 327 g/mol. The maximum absolute atomic E-state index is 12.5. The fourth-order valence-corrected chi connectivity index (χ4v) is 3.16. The summed E-state index contributed by atoms with van der Waals surface area (Å²) in [6.45, 7) is 5.98. The second-order valence-electron chi connectivity index (χ2n) is 7.02. The second-order valence-corrected chi connectivity index (χ2v) is 7.02. The fourth-order valence-electron chi connectivity index (χ4n) is 3.16. The van der Waals surface area contributed by atoms with Gasteiger partial charge in [-0.25, -0.2) is 9.59 Å². The number of β-amino-alcohol motifs (C(OH)–C–C–N with tert-alkyl or cyclic N) is 1. The van der Waals surface area contributed by atoms with Gasteiger partial charge >= 0.3 is 12.1 Å². The van der Waals surface area contributed by atoms with Gasteiger partial charge in [-0.15, -0.1) is 0 Å². The lowest BCUT2D eigenvalue weighted by Gasteiger charge is -2.42. The van der Waals surface area contributed by atoms with Crippen LogP contribution in [0.15, 0.2) is 0 Å². The van der Waals surface area contributed by atoms with Crippen molar-refractivity contribution in [3.63, 3.8) is 0 Å². The van der Waals surface area contributed by atoms with Gasteiger partial charge in [0.05, 0.1) is 6.61 Å². The van der Waals surface area contributed by atoms with E-state index in [2.05, 4.69) is 0 Å². The molecule has 2 heterocycles. The van der Waals surface area contributed by atoms with Gasteiger partial charge < -0.3 is 19.6 Å². The molecule has 0 unspecified atom stereocenters. The Morgan fingerprint density at radius 3 is 2.30 bits per heavy atom. The highest BCUT2D eigenvalue weighted by Gasteiger charge is 2.57. The van der Waals surface area contributed by atoms with Crippen molar-refractivity contribution in [3.8, 4) is 0 Å². The minimum atomic E-state index is -0.951. The molecular weight excluding hydrogens is 302 g/mol. The van der Waals surface area contributed by atoms with Crippen molar-refractivity contribution in [2.75, 3.05) is 33.3 Å². The predicted molar refractivity (Wildman–Crippen MR) is 81.7 cm³/mol. The number of amides is 4. The summed E-state index contributed by atoms with van der Waals surface area (Å²) < 4.78 is 5.34. The molecule has 8 heteroatoms. The normalized spacial score (nSPS) is 21.3. The van der Waals surface area contributed by atoms with Gasteiger partial charge in [-0.05, 0) is 33.6 Å². The van der Waals surface area contributed by atoms with Crippen molar-refractivity contribution in [2.24, 2.45) is 0 Å². The number of aliphatic hydroxyl groups excluding tert-OH is 1. The molecule has 2 fully saturated rings. The highest BCUT2D eigenvalue weighted by atomic mass is 16.6. The maximum Gasteiger partial charge on any atom is 0.410 e. The van der Waals surface area contributed by atoms with Crippen LogP contribution in [0, 0.1) is 0 Å². The van der Waals surface area contributed by atoms with E-state index in [1.54, 1.807) is 25.7 Å². The molecule has 8 nitrogen and oxygen atoms in total. The molecule has 0 bridgehead atoms. The van der Waals surface area contributed by atoms with E-state index in [9.17, 15) is 19.5 Å². The fraction of sp³-hybridized carbons (Fsp3) is 0.800. The van der Waals surface area contributed by atoms with E-state index in [1.807, 2.05) is 0 Å². The number of likely N-dealkylation sites (tertiary alicyclic amines) is 1. The summed E-state index contributed by atoms with van der Waals surface area (Å²) in [5.74, 6) is -0.264. The number of ether oxygens (including phenoxy) is 1. The molecule has 23 heavy (non-hydrogen) atoms. The highest BCUT2D eigenvalue weighted by molar-refractivity contribution is 6.06. The first-order chi connectivity index (χ1) is 10.6. The van der Waals surface area contributed by atoms with Crippen LogP contribution < -0.4 is 0 Å². The molecule has 1 N–H and O–H groups in total. The number of carbonyl (C=O) groups excluding carboxylic acids is 3. The van der Waals surface area contributed by atoms with Crippen molar-refractivity contribution in [3.05, 3.63) is 0 Å². The summed E-state index contributed by atoms with van der Waals surface area (Å²) in [6.07, 6.45) is 0.286. The Kier molecular flexibility index (Phi) is 4.57. The Labute approximate surface area is 136 Å². The minimum Gasteiger partial charge on any atom is -0.444 e. The smallest absolute Gasteiger partial charge is 0.410 e. The lowest BCUT2D eigenvalue weighted by atomic mass is 9.86. The zero-order valence-corrected chi connectivity index (χ0v) is 14.2. The quantitative estimate of drug-likeness (QED) is 0.752. The van der Waals surface area contributed by atoms with Crippen LogP contribution in [0.3, 0.4) is 0 Å². The van der Waals surface area contributed by atoms with Gasteiger partial charge in [0.1, 0.15) is 11.1 Å². The summed E-state index contributed by atoms with van der Waals surface area (Å²) in [5, 5.41) is 9.19. The average Bonchev–Trinajstić information content (AvgIpc) is 2.63. The number of rotatable bonds is 2. The lowest BCUT2D eigenvalue weighted by molar-refractivity contribution is -0.135. The molecule has 4 amide bonds. The molecule has 130 valence electrons. The molecule has 2 aliphatic heterocycles. The molecule has 1 spiro atoms. The Bertz CT molecular complexity index is 506. The van der Waals surface area contributed by atoms with Crippen LogP contribution in [0.4, 0.5) is 9.59 Å². The number of urea groups is 1. The summed E-state index contributed by atoms with van der Waals surface area (Å²) in [4.78, 5) is 40.9. The predicted octanol–water partition coefficient (Wildman–Crippen LogP) is 0.642. The van der Waals surface area contributed by atoms with E-state index in [-0.39, 0.29) is 19.1 Å². The molecule has 0 aromatic rings. The van der Waals surface area contributed by atoms with Crippen LogP contribution >= 0.6 is 0 Å². The molecule has 0 aromatic carbocycles. The van der Waals surface area contributed by atoms with Crippen LogP contribution in [0.2, 0.25) is 0 Å². The third-order valence-corrected chi connectivity index (χ3v) is 4.30. The maximum atomic E-state index is 12.5. The van der Waals surface area contributed by atoms with E-state index in [4.69, 9.17) is 4.74 Å². The standard InChI is InChI=1S/C15H25N3O5/c1-14(2,3)23-13(22)17-7-5-15(6-8-17)11(20)16(4)12(21)18(15)9-10-19/h19H,5-10H2,1-4H3. The van der Waals surface area contributed by atoms with Gasteiger partial charge in [0.15, 0.2) is 0 Å². The SMILES string of the molecule is CN1C(=O)N(CCO)C2(CCN(C(=O)OC(C)(C)C)CC2)C1=O. The zero-order chi connectivity index (χ0) is 17.4. The molecule has 0 saturated carbocycles. The van der Waals surface area contributed by atoms with Gasteiger partial charge in [-0.2, -0.15) is 0 Å². The molecule has 2 aliphatic rings. The average molecular weight is 327 g/mol. The first kappa shape index (κ1) is 17.5. The Morgan fingerprint density at radius 2 is 1.83 bits per heavy atom. The topological polar surface area (TPSA) is 90.4 Å². The molecule has 0 aromatic heterocycles. The van der Waals surface area contributed by atoms with E-state index in [1.165, 1.54) is 11.9 Å². The van der Waals surface area contributed by atoms with Crippen LogP contribution in [-0.4, -0.2) is 82.3 Å². The molecule has 0 atom stereocenters. The minimum absolute atomic E-state index is 0.112. The van der Waals surface area contributed by atoms with Crippen LogP contribution in [0.5, 0.6) is 0 Å². The number of hydrogen-bond donors (Lipinski definition) is 1. The number of carbonyl (C=O) groups is 3. The lowest BCUT2D eigenvalue weighted by Crippen LogP contribution is -2.58. The molecule has 2 saturated heterocycles. The van der Waals surface area contributed by atoms with Crippen LogP contribution in [0.25, 0.3) is 0 Å². The summed E-state index contributed by atoms with van der Waals surface area (Å²) in [7, 11) is 1.45. The van der Waals surface area contributed by atoms with Crippen molar-refractivity contribution in [1.82, 2.24) is 14.7 Å².